The number of nitrogens with one attached hydrogen (secondary N) is 1. The zero-order chi connectivity index (χ0) is 20.0. The third kappa shape index (κ3) is 5.02. The summed E-state index contributed by atoms with van der Waals surface area (Å²) in [6.07, 6.45) is -0.966. The summed E-state index contributed by atoms with van der Waals surface area (Å²) in [5.41, 5.74) is 2.24. The molecule has 0 spiro atoms. The number of hydrogen-bond acceptors (Lipinski definition) is 7. The highest BCUT2D eigenvalue weighted by Gasteiger charge is 2.33. The van der Waals surface area contributed by atoms with Crippen LogP contribution in [0.15, 0.2) is 47.0 Å². The summed E-state index contributed by atoms with van der Waals surface area (Å²) in [6, 6.07) is 9.19. The highest BCUT2D eigenvalue weighted by molar-refractivity contribution is 6.31. The number of benzene rings is 1. The van der Waals surface area contributed by atoms with Crippen LogP contribution < -0.4 is 5.32 Å². The summed E-state index contributed by atoms with van der Waals surface area (Å²) in [7, 11) is 0. The van der Waals surface area contributed by atoms with Crippen LogP contribution in [0.1, 0.15) is 32.3 Å². The van der Waals surface area contributed by atoms with Gasteiger partial charge in [0.25, 0.3) is 0 Å². The molecule has 1 unspecified atom stereocenters. The Kier molecular flexibility index (Phi) is 6.85. The monoisotopic (exact) mass is 390 g/mol. The van der Waals surface area contributed by atoms with Gasteiger partial charge in [0.15, 0.2) is 0 Å². The molecule has 0 bridgehead atoms. The van der Waals surface area contributed by atoms with Crippen molar-refractivity contribution in [2.24, 2.45) is 0 Å². The van der Waals surface area contributed by atoms with E-state index in [1.165, 1.54) is 6.92 Å². The zero-order valence-corrected chi connectivity index (χ0v) is 15.9. The summed E-state index contributed by atoms with van der Waals surface area (Å²) >= 11 is 6.31. The van der Waals surface area contributed by atoms with E-state index in [0.717, 1.165) is 0 Å². The molecular formula is C19H19ClN2O5. The molecule has 1 aliphatic heterocycles. The number of esters is 1. The summed E-state index contributed by atoms with van der Waals surface area (Å²) in [6.45, 7) is 4.53. The van der Waals surface area contributed by atoms with Crippen LogP contribution in [0.5, 0.6) is 0 Å². The van der Waals surface area contributed by atoms with E-state index in [9.17, 15) is 14.9 Å². The molecule has 1 N–H and O–H groups in total. The van der Waals surface area contributed by atoms with Gasteiger partial charge in [0.2, 0.25) is 0 Å². The highest BCUT2D eigenvalue weighted by Crippen LogP contribution is 2.40. The molecule has 0 saturated carbocycles. The topological polar surface area (TPSA) is 97.7 Å². The minimum atomic E-state index is -0.966. The third-order valence-corrected chi connectivity index (χ3v) is 4.18. The number of allylic oxidation sites excluding steroid dienone is 3. The van der Waals surface area contributed by atoms with Crippen LogP contribution in [0.3, 0.4) is 0 Å². The first-order valence-electron chi connectivity index (χ1n) is 8.16. The van der Waals surface area contributed by atoms with Crippen molar-refractivity contribution in [2.45, 2.75) is 26.7 Å². The van der Waals surface area contributed by atoms with E-state index in [0.29, 0.717) is 27.6 Å². The van der Waals surface area contributed by atoms with Gasteiger partial charge in [0.05, 0.1) is 23.3 Å². The van der Waals surface area contributed by atoms with Crippen LogP contribution in [0.2, 0.25) is 5.02 Å². The van der Waals surface area contributed by atoms with Crippen LogP contribution in [0, 0.1) is 11.3 Å². The Hall–Kier alpha value is -2.98. The van der Waals surface area contributed by atoms with E-state index >= 15 is 0 Å². The van der Waals surface area contributed by atoms with Gasteiger partial charge in [-0.15, -0.1) is 0 Å². The molecule has 27 heavy (non-hydrogen) atoms. The number of halogens is 1. The number of ether oxygens (including phenoxy) is 3. The average Bonchev–Trinajstić information content (AvgIpc) is 2.61. The Labute approximate surface area is 162 Å². The lowest BCUT2D eigenvalue weighted by Crippen LogP contribution is -2.27. The van der Waals surface area contributed by atoms with Crippen LogP contribution >= 0.6 is 11.6 Å². The molecule has 0 aliphatic carbocycles. The maximum Gasteiger partial charge on any atom is 0.513 e. The van der Waals surface area contributed by atoms with Crippen molar-refractivity contribution in [1.82, 2.24) is 5.32 Å². The number of carbonyl (C=O) groups excluding carboxylic acids is 2. The van der Waals surface area contributed by atoms with Gasteiger partial charge < -0.3 is 19.5 Å². The summed E-state index contributed by atoms with van der Waals surface area (Å²) in [5.74, 6) is -0.895. The van der Waals surface area contributed by atoms with E-state index in [1.807, 2.05) is 0 Å². The molecule has 1 aromatic carbocycles. The molecule has 0 amide bonds. The van der Waals surface area contributed by atoms with Crippen molar-refractivity contribution < 1.29 is 23.8 Å². The first-order valence-corrected chi connectivity index (χ1v) is 8.54. The smallest absolute Gasteiger partial charge is 0.462 e. The Morgan fingerprint density at radius 3 is 2.48 bits per heavy atom. The number of rotatable bonds is 5. The van der Waals surface area contributed by atoms with Crippen molar-refractivity contribution in [2.75, 3.05) is 13.2 Å². The largest absolute Gasteiger partial charge is 0.513 e. The van der Waals surface area contributed by atoms with E-state index in [4.69, 9.17) is 25.8 Å². The van der Waals surface area contributed by atoms with Crippen LogP contribution in [-0.2, 0) is 19.0 Å². The lowest BCUT2D eigenvalue weighted by molar-refractivity contribution is -0.142. The first-order chi connectivity index (χ1) is 12.8. The Balaban J connectivity index is 2.25. The Morgan fingerprint density at radius 2 is 1.85 bits per heavy atom. The zero-order valence-electron chi connectivity index (χ0n) is 15.2. The number of carbonyl (C=O) groups is 2. The van der Waals surface area contributed by atoms with Crippen LogP contribution in [-0.4, -0.2) is 25.3 Å². The first kappa shape index (κ1) is 20.3. The molecule has 1 aromatic rings. The summed E-state index contributed by atoms with van der Waals surface area (Å²) in [4.78, 5) is 22.8. The number of nitrogens with zero attached hydrogens (tertiary/aromatic N) is 1. The Morgan fingerprint density at radius 1 is 1.19 bits per heavy atom. The van der Waals surface area contributed by atoms with Crippen molar-refractivity contribution in [3.05, 3.63) is 57.6 Å². The van der Waals surface area contributed by atoms with Crippen LogP contribution in [0.25, 0.3) is 0 Å². The van der Waals surface area contributed by atoms with Gasteiger partial charge in [-0.1, -0.05) is 29.8 Å². The number of nitriles is 1. The fourth-order valence-corrected chi connectivity index (χ4v) is 2.94. The predicted octanol–water partition coefficient (Wildman–Crippen LogP) is 3.77. The molecule has 1 aliphatic rings. The van der Waals surface area contributed by atoms with Gasteiger partial charge in [0, 0.05) is 17.6 Å². The molecular weight excluding hydrogens is 372 g/mol. The molecule has 2 rings (SSSR count). The molecule has 0 radical (unpaired) electrons. The predicted molar refractivity (Wildman–Crippen MR) is 97.4 cm³/mol. The fourth-order valence-electron chi connectivity index (χ4n) is 2.69. The van der Waals surface area contributed by atoms with Gasteiger partial charge in [-0.2, -0.15) is 5.26 Å². The second-order valence-electron chi connectivity index (χ2n) is 5.76. The van der Waals surface area contributed by atoms with Crippen molar-refractivity contribution in [3.63, 3.8) is 0 Å². The van der Waals surface area contributed by atoms with E-state index in [-0.39, 0.29) is 19.0 Å². The summed E-state index contributed by atoms with van der Waals surface area (Å²) in [5, 5.41) is 13.1. The quantitative estimate of drug-likeness (QED) is 0.603. The molecule has 1 heterocycles. The van der Waals surface area contributed by atoms with Crippen molar-refractivity contribution in [1.29, 1.82) is 5.26 Å². The molecule has 0 fully saturated rings. The number of hydrogen-bond donors (Lipinski definition) is 1. The van der Waals surface area contributed by atoms with E-state index in [1.54, 1.807) is 38.1 Å². The van der Waals surface area contributed by atoms with Gasteiger partial charge >= 0.3 is 12.1 Å². The normalized spacial score (nSPS) is 16.3. The van der Waals surface area contributed by atoms with Gasteiger partial charge in [-0.05, 0) is 25.5 Å². The second-order valence-corrected chi connectivity index (χ2v) is 6.17. The highest BCUT2D eigenvalue weighted by atomic mass is 35.5. The lowest BCUT2D eigenvalue weighted by atomic mass is 9.86. The van der Waals surface area contributed by atoms with Crippen molar-refractivity contribution >= 4 is 23.7 Å². The number of dihydropyridines is 1. The fraction of sp³-hybridized carbons (Fsp3) is 0.316. The average molecular weight is 391 g/mol. The standard InChI is InChI=1S/C19H19ClN2O5/c1-11-15(10-21)17(14-6-4-5-7-16(14)20)18(12(2)22-11)27-19(24)26-9-8-25-13(3)23/h4-7,17,22H,8-9H2,1-3H3. The molecule has 0 aromatic heterocycles. The molecule has 142 valence electrons. The van der Waals surface area contributed by atoms with Gasteiger partial charge in [-0.25, -0.2) is 4.79 Å². The van der Waals surface area contributed by atoms with Gasteiger partial charge in [-0.3, -0.25) is 4.79 Å². The maximum absolute atomic E-state index is 12.1. The molecule has 1 atom stereocenters. The van der Waals surface area contributed by atoms with Gasteiger partial charge in [0.1, 0.15) is 19.0 Å². The maximum atomic E-state index is 12.1. The molecule has 0 saturated heterocycles. The minimum absolute atomic E-state index is 0.0723. The Bertz CT molecular complexity index is 854. The van der Waals surface area contributed by atoms with E-state index < -0.39 is 18.0 Å². The summed E-state index contributed by atoms with van der Waals surface area (Å²) < 4.78 is 15.0. The molecule has 8 heteroatoms. The van der Waals surface area contributed by atoms with E-state index in [2.05, 4.69) is 11.4 Å². The third-order valence-electron chi connectivity index (χ3n) is 3.84. The minimum Gasteiger partial charge on any atom is -0.462 e. The molecule has 7 nitrogen and oxygen atoms in total. The second kappa shape index (κ2) is 9.10. The lowest BCUT2D eigenvalue weighted by Gasteiger charge is -2.28. The van der Waals surface area contributed by atoms with Crippen LogP contribution in [0.4, 0.5) is 4.79 Å². The SMILES string of the molecule is CC(=O)OCCOC(=O)OC1=C(C)NC(C)=C(C#N)C1c1ccccc1Cl. The van der Waals surface area contributed by atoms with Crippen molar-refractivity contribution in [3.8, 4) is 6.07 Å².